The Morgan fingerprint density at radius 2 is 2.10 bits per heavy atom. The number of rotatable bonds is 2. The van der Waals surface area contributed by atoms with Gasteiger partial charge in [-0.2, -0.15) is 0 Å². The van der Waals surface area contributed by atoms with Gasteiger partial charge in [-0.25, -0.2) is 4.39 Å². The molecule has 0 aromatic heterocycles. The second-order valence-electron chi connectivity index (χ2n) is 4.98. The van der Waals surface area contributed by atoms with E-state index < -0.39 is 0 Å². The minimum atomic E-state index is -0.168. The van der Waals surface area contributed by atoms with Gasteiger partial charge in [-0.3, -0.25) is 0 Å². The Kier molecular flexibility index (Phi) is 3.90. The average molecular weight is 308 g/mol. The quantitative estimate of drug-likeness (QED) is 0.793. The van der Waals surface area contributed by atoms with Gasteiger partial charge in [-0.05, 0) is 60.9 Å². The Balaban J connectivity index is 1.89. The van der Waals surface area contributed by atoms with E-state index >= 15 is 0 Å². The Hall–Kier alpha value is -1.19. The monoisotopic (exact) mass is 307 g/mol. The molecule has 1 heterocycles. The number of hydrogen-bond acceptors (Lipinski definition) is 2. The fourth-order valence-electron chi connectivity index (χ4n) is 2.45. The van der Waals surface area contributed by atoms with E-state index in [0.717, 1.165) is 22.9 Å². The van der Waals surface area contributed by atoms with Gasteiger partial charge in [0.15, 0.2) is 0 Å². The van der Waals surface area contributed by atoms with E-state index in [1.54, 1.807) is 13.0 Å². The van der Waals surface area contributed by atoms with Crippen molar-refractivity contribution in [3.05, 3.63) is 58.4 Å². The topological polar surface area (TPSA) is 12.0 Å². The van der Waals surface area contributed by atoms with E-state index in [-0.39, 0.29) is 11.9 Å². The molecule has 0 saturated carbocycles. The van der Waals surface area contributed by atoms with Crippen molar-refractivity contribution < 1.29 is 4.39 Å². The summed E-state index contributed by atoms with van der Waals surface area (Å²) in [6.45, 7) is 1.78. The Labute approximate surface area is 127 Å². The zero-order chi connectivity index (χ0) is 14.1. The number of hydrogen-bond donors (Lipinski definition) is 1. The highest BCUT2D eigenvalue weighted by Gasteiger charge is 2.21. The van der Waals surface area contributed by atoms with Crippen LogP contribution >= 0.6 is 23.4 Å². The molecular formula is C16H15ClFNS. The minimum absolute atomic E-state index is 0.168. The second kappa shape index (κ2) is 5.66. The highest BCUT2D eigenvalue weighted by atomic mass is 35.5. The van der Waals surface area contributed by atoms with Gasteiger partial charge in [0, 0.05) is 21.4 Å². The van der Waals surface area contributed by atoms with Crippen LogP contribution in [0.2, 0.25) is 5.02 Å². The first-order valence-electron chi connectivity index (χ1n) is 6.58. The fourth-order valence-corrected chi connectivity index (χ4v) is 3.74. The molecule has 0 radical (unpaired) electrons. The molecule has 0 saturated heterocycles. The maximum atomic E-state index is 13.3. The number of nitrogens with one attached hydrogen (secondary N) is 1. The molecule has 0 bridgehead atoms. The molecule has 0 fully saturated rings. The summed E-state index contributed by atoms with van der Waals surface area (Å²) in [5.41, 5.74) is 2.84. The first kappa shape index (κ1) is 13.8. The number of thioether (sulfide) groups is 1. The van der Waals surface area contributed by atoms with Crippen LogP contribution in [-0.2, 0) is 0 Å². The Bertz CT molecular complexity index is 644. The lowest BCUT2D eigenvalue weighted by molar-refractivity contribution is 0.618. The summed E-state index contributed by atoms with van der Waals surface area (Å²) in [7, 11) is 0. The van der Waals surface area contributed by atoms with Gasteiger partial charge in [0.1, 0.15) is 5.82 Å². The van der Waals surface area contributed by atoms with Gasteiger partial charge >= 0.3 is 0 Å². The smallest absolute Gasteiger partial charge is 0.126 e. The molecular weight excluding hydrogens is 293 g/mol. The molecule has 2 aromatic rings. The number of aryl methyl sites for hydroxylation is 1. The zero-order valence-corrected chi connectivity index (χ0v) is 12.7. The molecule has 1 N–H and O–H groups in total. The van der Waals surface area contributed by atoms with Crippen molar-refractivity contribution in [1.29, 1.82) is 0 Å². The normalized spacial score (nSPS) is 17.6. The van der Waals surface area contributed by atoms with Crippen LogP contribution < -0.4 is 5.32 Å². The van der Waals surface area contributed by atoms with E-state index in [0.29, 0.717) is 5.56 Å². The first-order chi connectivity index (χ1) is 9.63. The van der Waals surface area contributed by atoms with Crippen molar-refractivity contribution in [2.24, 2.45) is 0 Å². The van der Waals surface area contributed by atoms with Crippen LogP contribution in [0, 0.1) is 12.7 Å². The van der Waals surface area contributed by atoms with E-state index in [2.05, 4.69) is 11.4 Å². The van der Waals surface area contributed by atoms with Crippen LogP contribution in [0.4, 0.5) is 10.1 Å². The number of halogens is 2. The van der Waals surface area contributed by atoms with E-state index in [4.69, 9.17) is 11.6 Å². The molecule has 1 nitrogen and oxygen atoms in total. The SMILES string of the molecule is Cc1cc(NC2CCSc3ccc(Cl)cc32)ccc1F. The molecule has 2 aromatic carbocycles. The minimum Gasteiger partial charge on any atom is -0.378 e. The summed E-state index contributed by atoms with van der Waals surface area (Å²) in [5.74, 6) is 0.908. The van der Waals surface area contributed by atoms with Gasteiger partial charge in [0.25, 0.3) is 0 Å². The summed E-state index contributed by atoms with van der Waals surface area (Å²) in [4.78, 5) is 1.27. The third-order valence-corrected chi connectivity index (χ3v) is 4.87. The van der Waals surface area contributed by atoms with Crippen LogP contribution in [0.25, 0.3) is 0 Å². The predicted molar refractivity (Wildman–Crippen MR) is 84.3 cm³/mol. The molecule has 104 valence electrons. The lowest BCUT2D eigenvalue weighted by atomic mass is 10.0. The standard InChI is InChI=1S/C16H15ClFNS/c1-10-8-12(3-4-14(10)18)19-15-6-7-20-16-5-2-11(17)9-13(15)16/h2-5,8-9,15,19H,6-7H2,1H3. The maximum Gasteiger partial charge on any atom is 0.126 e. The Morgan fingerprint density at radius 3 is 2.90 bits per heavy atom. The summed E-state index contributed by atoms with van der Waals surface area (Å²) < 4.78 is 13.3. The summed E-state index contributed by atoms with van der Waals surface area (Å²) >= 11 is 7.96. The molecule has 0 amide bonds. The second-order valence-corrected chi connectivity index (χ2v) is 6.55. The molecule has 1 atom stereocenters. The summed E-state index contributed by atoms with van der Waals surface area (Å²) in [6, 6.07) is 11.4. The molecule has 1 unspecified atom stereocenters. The third-order valence-electron chi connectivity index (χ3n) is 3.51. The molecule has 0 spiro atoms. The van der Waals surface area contributed by atoms with Crippen molar-refractivity contribution >= 4 is 29.1 Å². The van der Waals surface area contributed by atoms with Crippen LogP contribution in [0.15, 0.2) is 41.3 Å². The van der Waals surface area contributed by atoms with Crippen LogP contribution in [0.3, 0.4) is 0 Å². The molecule has 4 heteroatoms. The summed E-state index contributed by atoms with van der Waals surface area (Å²) in [6.07, 6.45) is 1.04. The highest BCUT2D eigenvalue weighted by Crippen LogP contribution is 2.39. The fraction of sp³-hybridized carbons (Fsp3) is 0.250. The largest absolute Gasteiger partial charge is 0.378 e. The van der Waals surface area contributed by atoms with Crippen molar-refractivity contribution in [1.82, 2.24) is 0 Å². The molecule has 3 rings (SSSR count). The first-order valence-corrected chi connectivity index (χ1v) is 7.95. The Morgan fingerprint density at radius 1 is 1.25 bits per heavy atom. The van der Waals surface area contributed by atoms with E-state index in [9.17, 15) is 4.39 Å². The summed E-state index contributed by atoms with van der Waals surface area (Å²) in [5, 5.41) is 4.25. The molecule has 20 heavy (non-hydrogen) atoms. The number of anilines is 1. The van der Waals surface area contributed by atoms with Gasteiger partial charge < -0.3 is 5.32 Å². The molecule has 1 aliphatic rings. The van der Waals surface area contributed by atoms with Crippen molar-refractivity contribution in [3.63, 3.8) is 0 Å². The number of benzene rings is 2. The van der Waals surface area contributed by atoms with Crippen LogP contribution in [0.5, 0.6) is 0 Å². The molecule has 1 aliphatic heterocycles. The lowest BCUT2D eigenvalue weighted by Gasteiger charge is -2.27. The average Bonchev–Trinajstić information content (AvgIpc) is 2.44. The van der Waals surface area contributed by atoms with Gasteiger partial charge in [-0.15, -0.1) is 11.8 Å². The van der Waals surface area contributed by atoms with Gasteiger partial charge in [0.05, 0.1) is 6.04 Å². The van der Waals surface area contributed by atoms with Gasteiger partial charge in [-0.1, -0.05) is 11.6 Å². The van der Waals surface area contributed by atoms with Crippen molar-refractivity contribution in [3.8, 4) is 0 Å². The van der Waals surface area contributed by atoms with Crippen LogP contribution in [0.1, 0.15) is 23.6 Å². The lowest BCUT2D eigenvalue weighted by Crippen LogP contribution is -2.16. The van der Waals surface area contributed by atoms with Crippen molar-refractivity contribution in [2.45, 2.75) is 24.3 Å². The number of fused-ring (bicyclic) bond motifs is 1. The predicted octanol–water partition coefficient (Wildman–Crippen LogP) is 5.44. The van der Waals surface area contributed by atoms with Crippen molar-refractivity contribution in [2.75, 3.05) is 11.1 Å². The highest BCUT2D eigenvalue weighted by molar-refractivity contribution is 7.99. The van der Waals surface area contributed by atoms with E-state index in [1.807, 2.05) is 30.0 Å². The maximum absolute atomic E-state index is 13.3. The third kappa shape index (κ3) is 2.79. The van der Waals surface area contributed by atoms with E-state index in [1.165, 1.54) is 16.5 Å². The van der Waals surface area contributed by atoms with Gasteiger partial charge in [0.2, 0.25) is 0 Å². The zero-order valence-electron chi connectivity index (χ0n) is 11.1. The van der Waals surface area contributed by atoms with Crippen LogP contribution in [-0.4, -0.2) is 5.75 Å². The molecule has 0 aliphatic carbocycles.